The number of carboxylic acid groups (broad SMARTS) is 2. The van der Waals surface area contributed by atoms with Gasteiger partial charge in [-0.2, -0.15) is 0 Å². The lowest BCUT2D eigenvalue weighted by Crippen LogP contribution is -2.31. The number of ether oxygens (including phenoxy) is 1. The van der Waals surface area contributed by atoms with Crippen molar-refractivity contribution in [2.75, 3.05) is 13.2 Å². The molecule has 0 unspecified atom stereocenters. The zero-order valence-electron chi connectivity index (χ0n) is 19.2. The van der Waals surface area contributed by atoms with Gasteiger partial charge >= 0.3 is 11.9 Å². The Labute approximate surface area is 196 Å². The molecular weight excluding hydrogens is 424 g/mol. The van der Waals surface area contributed by atoms with E-state index >= 15 is 0 Å². The number of aromatic carboxylic acids is 2. The lowest BCUT2D eigenvalue weighted by molar-refractivity contribution is 0.0234. The van der Waals surface area contributed by atoms with Crippen LogP contribution >= 0.6 is 0 Å². The highest BCUT2D eigenvalue weighted by Gasteiger charge is 2.30. The van der Waals surface area contributed by atoms with E-state index in [9.17, 15) is 14.7 Å². The zero-order valence-corrected chi connectivity index (χ0v) is 19.2. The van der Waals surface area contributed by atoms with Crippen LogP contribution in [0.4, 0.5) is 0 Å². The molecule has 0 spiro atoms. The minimum atomic E-state index is -1.25. The molecule has 1 fully saturated rings. The van der Waals surface area contributed by atoms with Crippen LogP contribution in [-0.4, -0.2) is 45.6 Å². The molecule has 0 aromatic heterocycles. The molecule has 0 bridgehead atoms. The van der Waals surface area contributed by atoms with Gasteiger partial charge in [0.25, 0.3) is 0 Å². The molecule has 0 aliphatic heterocycles. The van der Waals surface area contributed by atoms with Crippen molar-refractivity contribution in [3.05, 3.63) is 85.4 Å². The number of carbonyl (C=O) groups is 2. The number of allylic oxidation sites excluding steroid dienone is 2. The van der Waals surface area contributed by atoms with Crippen molar-refractivity contribution in [3.8, 4) is 0 Å². The summed E-state index contributed by atoms with van der Waals surface area (Å²) in [5.74, 6) is -2.49. The van der Waals surface area contributed by atoms with Gasteiger partial charge in [-0.3, -0.25) is 0 Å². The number of hydrogen-bond acceptors (Lipinski definition) is 5. The molecule has 1 saturated carbocycles. The van der Waals surface area contributed by atoms with Crippen LogP contribution in [0.15, 0.2) is 63.1 Å². The summed E-state index contributed by atoms with van der Waals surface area (Å²) in [7, 11) is 0. The topological polar surface area (TPSA) is 124 Å². The van der Waals surface area contributed by atoms with E-state index in [0.717, 1.165) is 18.4 Å². The fourth-order valence-corrected chi connectivity index (χ4v) is 3.57. The first-order chi connectivity index (χ1) is 15.8. The first-order valence-corrected chi connectivity index (χ1v) is 10.7. The number of hydrogen-bond donors (Lipinski definition) is 4. The Morgan fingerprint density at radius 1 is 0.879 bits per heavy atom. The molecule has 7 nitrogen and oxygen atoms in total. The molecule has 0 saturated heterocycles. The predicted octanol–water partition coefficient (Wildman–Crippen LogP) is 4.75. The van der Waals surface area contributed by atoms with Crippen molar-refractivity contribution in [1.29, 1.82) is 0 Å². The minimum Gasteiger partial charge on any atom is -0.478 e. The van der Waals surface area contributed by atoms with Crippen LogP contribution in [0.1, 0.15) is 63.9 Å². The molecular formula is C26H36O7. The van der Waals surface area contributed by atoms with Crippen molar-refractivity contribution in [2.45, 2.75) is 44.9 Å². The summed E-state index contributed by atoms with van der Waals surface area (Å²) in [6.45, 7) is 14.0. The molecule has 1 aliphatic carbocycles. The van der Waals surface area contributed by atoms with E-state index in [2.05, 4.69) is 31.1 Å². The van der Waals surface area contributed by atoms with Gasteiger partial charge in [-0.05, 0) is 42.9 Å². The van der Waals surface area contributed by atoms with E-state index in [4.69, 9.17) is 15.3 Å². The Balaban J connectivity index is 0.000000569. The summed E-state index contributed by atoms with van der Waals surface area (Å²) in [5, 5.41) is 36.2. The quantitative estimate of drug-likeness (QED) is 0.293. The molecule has 0 radical (unpaired) electrons. The third-order valence-corrected chi connectivity index (χ3v) is 5.34. The van der Waals surface area contributed by atoms with Crippen LogP contribution in [0, 0.1) is 5.41 Å². The Bertz CT molecular complexity index is 793. The monoisotopic (exact) mass is 460 g/mol. The van der Waals surface area contributed by atoms with Crippen LogP contribution in [-0.2, 0) is 17.6 Å². The molecule has 1 aliphatic rings. The molecule has 0 heterocycles. The molecule has 182 valence electrons. The maximum Gasteiger partial charge on any atom is 0.336 e. The van der Waals surface area contributed by atoms with Gasteiger partial charge in [0.1, 0.15) is 0 Å². The van der Waals surface area contributed by atoms with Gasteiger partial charge < -0.3 is 25.2 Å². The van der Waals surface area contributed by atoms with E-state index < -0.39 is 11.9 Å². The zero-order chi connectivity index (χ0) is 25.3. The van der Waals surface area contributed by atoms with Gasteiger partial charge in [0.05, 0.1) is 36.9 Å². The number of carboxylic acids is 2. The van der Waals surface area contributed by atoms with Gasteiger partial charge in [-0.15, -0.1) is 13.2 Å². The van der Waals surface area contributed by atoms with E-state index in [1.54, 1.807) is 18.2 Å². The maximum atomic E-state index is 11.3. The second-order valence-electron chi connectivity index (χ2n) is 7.57. The fraction of sp³-hybridized carbons (Fsp3) is 0.385. The van der Waals surface area contributed by atoms with Crippen molar-refractivity contribution in [2.24, 2.45) is 5.41 Å². The number of benzene rings is 1. The summed E-state index contributed by atoms with van der Waals surface area (Å²) in [4.78, 5) is 22.3. The number of aliphatic hydroxyl groups excluding tert-OH is 2. The smallest absolute Gasteiger partial charge is 0.336 e. The number of aliphatic hydroxyl groups is 2. The van der Waals surface area contributed by atoms with Gasteiger partial charge in [0.2, 0.25) is 0 Å². The molecule has 4 N–H and O–H groups in total. The summed E-state index contributed by atoms with van der Waals surface area (Å²) in [5.41, 5.74) is 0.747. The molecule has 1 aromatic carbocycles. The van der Waals surface area contributed by atoms with Gasteiger partial charge in [0.15, 0.2) is 0 Å². The maximum absolute atomic E-state index is 11.3. The van der Waals surface area contributed by atoms with Crippen molar-refractivity contribution < 1.29 is 34.8 Å². The third-order valence-electron chi connectivity index (χ3n) is 5.34. The molecule has 7 heteroatoms. The lowest BCUT2D eigenvalue weighted by atomic mass is 9.75. The van der Waals surface area contributed by atoms with E-state index in [1.807, 2.05) is 0 Å². The average Bonchev–Trinajstić information content (AvgIpc) is 2.81. The normalized spacial score (nSPS) is 13.6. The second kappa shape index (κ2) is 16.5. The Morgan fingerprint density at radius 3 is 1.76 bits per heavy atom. The lowest BCUT2D eigenvalue weighted by Gasteiger charge is -2.33. The molecule has 33 heavy (non-hydrogen) atoms. The third kappa shape index (κ3) is 9.89. The molecule has 2 rings (SSSR count). The molecule has 1 aromatic rings. The predicted molar refractivity (Wildman–Crippen MR) is 129 cm³/mol. The Morgan fingerprint density at radius 2 is 1.42 bits per heavy atom. The second-order valence-corrected chi connectivity index (χ2v) is 7.57. The highest BCUT2D eigenvalue weighted by molar-refractivity contribution is 6.03. The highest BCUT2D eigenvalue weighted by atomic mass is 16.5. The van der Waals surface area contributed by atoms with Crippen molar-refractivity contribution in [3.63, 3.8) is 0 Å². The molecule has 0 amide bonds. The van der Waals surface area contributed by atoms with E-state index in [1.165, 1.54) is 37.9 Å². The average molecular weight is 461 g/mol. The molecule has 0 atom stereocenters. The number of rotatable bonds is 10. The van der Waals surface area contributed by atoms with E-state index in [0.29, 0.717) is 18.4 Å². The first-order valence-electron chi connectivity index (χ1n) is 10.7. The van der Waals surface area contributed by atoms with Crippen LogP contribution in [0.5, 0.6) is 0 Å². The SMILES string of the molecule is C=CCc1ccc(C(=O)O)c(C(=O)O)c1CC=C.C=COC=C.OCC1(CO)CCCCC1. The van der Waals surface area contributed by atoms with E-state index in [-0.39, 0.29) is 29.8 Å². The summed E-state index contributed by atoms with van der Waals surface area (Å²) >= 11 is 0. The largest absolute Gasteiger partial charge is 0.478 e. The van der Waals surface area contributed by atoms with Crippen LogP contribution in [0.25, 0.3) is 0 Å². The van der Waals surface area contributed by atoms with Crippen molar-refractivity contribution in [1.82, 2.24) is 0 Å². The van der Waals surface area contributed by atoms with Crippen LogP contribution in [0.2, 0.25) is 0 Å². The highest BCUT2D eigenvalue weighted by Crippen LogP contribution is 2.34. The Kier molecular flexibility index (Phi) is 14.9. The van der Waals surface area contributed by atoms with Crippen molar-refractivity contribution >= 4 is 11.9 Å². The minimum absolute atomic E-state index is 0.127. The summed E-state index contributed by atoms with van der Waals surface area (Å²) < 4.78 is 4.36. The van der Waals surface area contributed by atoms with Gasteiger partial charge in [-0.1, -0.05) is 50.6 Å². The van der Waals surface area contributed by atoms with Gasteiger partial charge in [0, 0.05) is 5.41 Å². The van der Waals surface area contributed by atoms with Gasteiger partial charge in [-0.25, -0.2) is 9.59 Å². The summed E-state index contributed by atoms with van der Waals surface area (Å²) in [6.07, 6.45) is 12.2. The summed E-state index contributed by atoms with van der Waals surface area (Å²) in [6, 6.07) is 2.94. The van der Waals surface area contributed by atoms with Crippen LogP contribution < -0.4 is 0 Å². The Hall–Kier alpha value is -3.16. The standard InChI is InChI=1S/C14H14O4.C8H16O2.C4H6O/c1-3-5-9-7-8-11(13(15)16)12(14(17)18)10(9)6-4-2;9-6-8(7-10)4-2-1-3-5-8;1-3-5-4-2/h3-4,7-8H,1-2,5-6H2,(H,15,16)(H,17,18);9-10H,1-7H2;3-4H,1-2H2. The van der Waals surface area contributed by atoms with Crippen LogP contribution in [0.3, 0.4) is 0 Å². The first kappa shape index (κ1) is 29.8. The fourth-order valence-electron chi connectivity index (χ4n) is 3.57.